The first-order valence-corrected chi connectivity index (χ1v) is 10.5. The molecule has 0 saturated heterocycles. The molecule has 0 amide bonds. The SMILES string of the molecule is N#C/C=C1\OC2=C(CCSc3ccccc32)C2=C1CSc1ccccc12. The number of rotatable bonds is 0. The second kappa shape index (κ2) is 6.42. The van der Waals surface area contributed by atoms with Crippen LogP contribution in [0.2, 0.25) is 0 Å². The van der Waals surface area contributed by atoms with Crippen LogP contribution in [0.1, 0.15) is 17.5 Å². The Kier molecular flexibility index (Phi) is 3.92. The third kappa shape index (κ3) is 2.43. The summed E-state index contributed by atoms with van der Waals surface area (Å²) in [6.45, 7) is 0. The van der Waals surface area contributed by atoms with Crippen LogP contribution >= 0.6 is 23.5 Å². The Balaban J connectivity index is 1.82. The van der Waals surface area contributed by atoms with E-state index in [1.54, 1.807) is 6.08 Å². The van der Waals surface area contributed by atoms with Crippen molar-refractivity contribution in [3.05, 3.63) is 82.6 Å². The Morgan fingerprint density at radius 1 is 0.923 bits per heavy atom. The Bertz CT molecular complexity index is 1060. The number of benzene rings is 2. The van der Waals surface area contributed by atoms with E-state index in [2.05, 4.69) is 54.6 Å². The van der Waals surface area contributed by atoms with E-state index in [-0.39, 0.29) is 0 Å². The zero-order valence-electron chi connectivity index (χ0n) is 14.0. The number of hydrogen-bond acceptors (Lipinski definition) is 4. The average molecular weight is 374 g/mol. The van der Waals surface area contributed by atoms with Gasteiger partial charge >= 0.3 is 0 Å². The molecule has 2 nitrogen and oxygen atoms in total. The number of hydrogen-bond donors (Lipinski definition) is 0. The summed E-state index contributed by atoms with van der Waals surface area (Å²) < 4.78 is 6.36. The van der Waals surface area contributed by atoms with E-state index in [4.69, 9.17) is 4.74 Å². The molecule has 5 rings (SSSR count). The normalized spacial score (nSPS) is 19.6. The lowest BCUT2D eigenvalue weighted by atomic mass is 9.86. The van der Waals surface area contributed by atoms with Crippen LogP contribution in [0, 0.1) is 11.3 Å². The molecular formula is C22H15NOS2. The molecular weight excluding hydrogens is 358 g/mol. The number of fused-ring (bicyclic) bond motifs is 5. The minimum absolute atomic E-state index is 0.699. The molecule has 3 heterocycles. The molecule has 0 bridgehead atoms. The summed E-state index contributed by atoms with van der Waals surface area (Å²) >= 11 is 3.70. The van der Waals surface area contributed by atoms with Gasteiger partial charge in [-0.3, -0.25) is 0 Å². The summed E-state index contributed by atoms with van der Waals surface area (Å²) in [4.78, 5) is 2.55. The number of ether oxygens (including phenoxy) is 1. The van der Waals surface area contributed by atoms with Gasteiger partial charge in [-0.05, 0) is 29.7 Å². The summed E-state index contributed by atoms with van der Waals surface area (Å²) in [5.74, 6) is 3.49. The number of nitrogens with zero attached hydrogens (tertiary/aromatic N) is 1. The molecule has 0 saturated carbocycles. The van der Waals surface area contributed by atoms with E-state index in [9.17, 15) is 5.26 Å². The minimum atomic E-state index is 0.699. The highest BCUT2D eigenvalue weighted by Gasteiger charge is 2.34. The fourth-order valence-corrected chi connectivity index (χ4v) is 5.85. The van der Waals surface area contributed by atoms with Gasteiger partial charge in [0.25, 0.3) is 0 Å². The van der Waals surface area contributed by atoms with Crippen LogP contribution in [0.3, 0.4) is 0 Å². The molecule has 0 radical (unpaired) electrons. The number of allylic oxidation sites excluding steroid dienone is 4. The first-order valence-electron chi connectivity index (χ1n) is 8.56. The molecule has 0 fully saturated rings. The summed E-state index contributed by atoms with van der Waals surface area (Å²) in [6.07, 6.45) is 2.51. The second-order valence-corrected chi connectivity index (χ2v) is 8.43. The van der Waals surface area contributed by atoms with Crippen molar-refractivity contribution in [1.29, 1.82) is 5.26 Å². The van der Waals surface area contributed by atoms with Gasteiger partial charge in [0, 0.05) is 38.0 Å². The Hall–Kier alpha value is -2.35. The van der Waals surface area contributed by atoms with Crippen LogP contribution < -0.4 is 0 Å². The average Bonchev–Trinajstić information content (AvgIpc) is 2.87. The predicted molar refractivity (Wildman–Crippen MR) is 108 cm³/mol. The maximum atomic E-state index is 9.29. The molecule has 3 aliphatic heterocycles. The lowest BCUT2D eigenvalue weighted by molar-refractivity contribution is 0.385. The van der Waals surface area contributed by atoms with E-state index in [1.807, 2.05) is 23.5 Å². The fraction of sp³-hybridized carbons (Fsp3) is 0.136. The van der Waals surface area contributed by atoms with E-state index in [0.717, 1.165) is 34.8 Å². The minimum Gasteiger partial charge on any atom is -0.455 e. The van der Waals surface area contributed by atoms with Crippen molar-refractivity contribution < 1.29 is 4.74 Å². The summed E-state index contributed by atoms with van der Waals surface area (Å²) in [5.41, 5.74) is 6.11. The van der Waals surface area contributed by atoms with Gasteiger partial charge < -0.3 is 4.74 Å². The van der Waals surface area contributed by atoms with E-state index >= 15 is 0 Å². The standard InChI is InChI=1S/C22H15NOS2/c23-11-9-18-17-13-26-19-7-3-1-5-14(19)21(17)16-10-12-25-20-8-4-2-6-15(20)22(16)24-18/h1-9H,10,12-13H2/b18-9-. The van der Waals surface area contributed by atoms with Crippen LogP contribution in [0.25, 0.3) is 11.3 Å². The van der Waals surface area contributed by atoms with Crippen molar-refractivity contribution in [3.63, 3.8) is 0 Å². The smallest absolute Gasteiger partial charge is 0.142 e. The van der Waals surface area contributed by atoms with Crippen molar-refractivity contribution in [2.75, 3.05) is 11.5 Å². The van der Waals surface area contributed by atoms with Crippen molar-refractivity contribution in [2.45, 2.75) is 16.2 Å². The van der Waals surface area contributed by atoms with Gasteiger partial charge in [-0.25, -0.2) is 0 Å². The molecule has 126 valence electrons. The van der Waals surface area contributed by atoms with Crippen LogP contribution in [-0.2, 0) is 4.74 Å². The Morgan fingerprint density at radius 2 is 1.65 bits per heavy atom. The lowest BCUT2D eigenvalue weighted by Gasteiger charge is -2.31. The molecule has 26 heavy (non-hydrogen) atoms. The Labute approximate surface area is 161 Å². The third-order valence-corrected chi connectivity index (χ3v) is 7.03. The highest BCUT2D eigenvalue weighted by Crippen LogP contribution is 2.51. The number of nitriles is 1. The highest BCUT2D eigenvalue weighted by atomic mass is 32.2. The van der Waals surface area contributed by atoms with Crippen molar-refractivity contribution in [3.8, 4) is 6.07 Å². The van der Waals surface area contributed by atoms with E-state index in [1.165, 1.54) is 26.5 Å². The highest BCUT2D eigenvalue weighted by molar-refractivity contribution is 7.99. The van der Waals surface area contributed by atoms with E-state index < -0.39 is 0 Å². The monoisotopic (exact) mass is 373 g/mol. The maximum absolute atomic E-state index is 9.29. The molecule has 0 aliphatic carbocycles. The molecule has 0 spiro atoms. The molecule has 3 aliphatic rings. The van der Waals surface area contributed by atoms with Gasteiger partial charge in [0.1, 0.15) is 11.5 Å². The molecule has 4 heteroatoms. The van der Waals surface area contributed by atoms with E-state index in [0.29, 0.717) is 5.76 Å². The zero-order valence-corrected chi connectivity index (χ0v) is 15.6. The van der Waals surface area contributed by atoms with Crippen LogP contribution in [0.4, 0.5) is 0 Å². The summed E-state index contributed by atoms with van der Waals surface area (Å²) in [6, 6.07) is 19.2. The maximum Gasteiger partial charge on any atom is 0.142 e. The molecule has 0 aromatic heterocycles. The van der Waals surface area contributed by atoms with Gasteiger partial charge in [-0.1, -0.05) is 36.4 Å². The molecule has 0 N–H and O–H groups in total. The summed E-state index contributed by atoms with van der Waals surface area (Å²) in [5, 5.41) is 9.29. The molecule has 0 unspecified atom stereocenters. The van der Waals surface area contributed by atoms with Crippen LogP contribution in [-0.4, -0.2) is 11.5 Å². The zero-order chi connectivity index (χ0) is 17.5. The van der Waals surface area contributed by atoms with Gasteiger partial charge in [0.05, 0.1) is 12.1 Å². The third-order valence-electron chi connectivity index (χ3n) is 4.85. The lowest BCUT2D eigenvalue weighted by Crippen LogP contribution is -2.15. The molecule has 0 atom stereocenters. The van der Waals surface area contributed by atoms with Gasteiger partial charge in [0.2, 0.25) is 0 Å². The topological polar surface area (TPSA) is 33.0 Å². The number of thioether (sulfide) groups is 2. The largest absolute Gasteiger partial charge is 0.455 e. The van der Waals surface area contributed by atoms with Crippen LogP contribution in [0.15, 0.2) is 81.3 Å². The van der Waals surface area contributed by atoms with Crippen molar-refractivity contribution >= 4 is 34.9 Å². The summed E-state index contributed by atoms with van der Waals surface area (Å²) in [7, 11) is 0. The molecule has 2 aromatic rings. The quantitative estimate of drug-likeness (QED) is 0.539. The first kappa shape index (κ1) is 15.9. The van der Waals surface area contributed by atoms with Gasteiger partial charge in [-0.2, -0.15) is 5.26 Å². The second-order valence-electron chi connectivity index (χ2n) is 6.28. The van der Waals surface area contributed by atoms with Gasteiger partial charge in [0.15, 0.2) is 0 Å². The van der Waals surface area contributed by atoms with Crippen LogP contribution in [0.5, 0.6) is 0 Å². The Morgan fingerprint density at radius 3 is 2.46 bits per heavy atom. The predicted octanol–water partition coefficient (Wildman–Crippen LogP) is 5.89. The van der Waals surface area contributed by atoms with Gasteiger partial charge in [-0.15, -0.1) is 23.5 Å². The van der Waals surface area contributed by atoms with Crippen molar-refractivity contribution in [2.24, 2.45) is 0 Å². The van der Waals surface area contributed by atoms with Crippen molar-refractivity contribution in [1.82, 2.24) is 0 Å². The first-order chi connectivity index (χ1) is 12.9. The molecule has 2 aromatic carbocycles. The fourth-order valence-electron chi connectivity index (χ4n) is 3.74.